The molecule has 2 unspecified atom stereocenters. The zero-order chi connectivity index (χ0) is 13.0. The third-order valence-electron chi connectivity index (χ3n) is 3.89. The lowest BCUT2D eigenvalue weighted by Gasteiger charge is -2.29. The van der Waals surface area contributed by atoms with E-state index in [0.717, 1.165) is 29.8 Å². The van der Waals surface area contributed by atoms with E-state index in [2.05, 4.69) is 17.2 Å². The van der Waals surface area contributed by atoms with E-state index in [1.54, 1.807) is 6.20 Å². The molecule has 1 saturated carbocycles. The Morgan fingerprint density at radius 2 is 2.28 bits per heavy atom. The Bertz CT molecular complexity index is 419. The molecule has 1 aromatic rings. The number of hydrogen-bond donors (Lipinski definition) is 2. The van der Waals surface area contributed by atoms with E-state index in [9.17, 15) is 0 Å². The molecule has 98 valence electrons. The second kappa shape index (κ2) is 6.14. The summed E-state index contributed by atoms with van der Waals surface area (Å²) in [6.45, 7) is 3.31. The van der Waals surface area contributed by atoms with E-state index in [1.807, 2.05) is 12.1 Å². The van der Waals surface area contributed by atoms with E-state index >= 15 is 0 Å². The van der Waals surface area contributed by atoms with Crippen LogP contribution >= 0.6 is 12.2 Å². The molecule has 0 bridgehead atoms. The first-order valence-electron chi connectivity index (χ1n) is 6.67. The fourth-order valence-electron chi connectivity index (χ4n) is 2.67. The van der Waals surface area contributed by atoms with E-state index in [1.165, 1.54) is 25.7 Å². The predicted octanol–water partition coefficient (Wildman–Crippen LogP) is 2.95. The highest BCUT2D eigenvalue weighted by Gasteiger charge is 2.21. The van der Waals surface area contributed by atoms with E-state index in [4.69, 9.17) is 18.0 Å². The van der Waals surface area contributed by atoms with Gasteiger partial charge in [0, 0.05) is 12.7 Å². The summed E-state index contributed by atoms with van der Waals surface area (Å²) < 4.78 is 0. The lowest BCUT2D eigenvalue weighted by Crippen LogP contribution is -2.25. The first-order chi connectivity index (χ1) is 8.68. The largest absolute Gasteiger partial charge is 0.389 e. The van der Waals surface area contributed by atoms with Crippen LogP contribution in [-0.4, -0.2) is 16.5 Å². The van der Waals surface area contributed by atoms with Gasteiger partial charge in [0.05, 0.1) is 5.56 Å². The molecule has 0 aromatic carbocycles. The van der Waals surface area contributed by atoms with Gasteiger partial charge in [0.1, 0.15) is 10.8 Å². The number of nitrogens with two attached hydrogens (primary N) is 1. The molecule has 0 amide bonds. The number of anilines is 1. The molecule has 3 nitrogen and oxygen atoms in total. The zero-order valence-corrected chi connectivity index (χ0v) is 11.7. The van der Waals surface area contributed by atoms with E-state index in [0.29, 0.717) is 4.99 Å². The number of aromatic nitrogens is 1. The lowest BCUT2D eigenvalue weighted by atomic mass is 9.80. The van der Waals surface area contributed by atoms with Crippen molar-refractivity contribution in [3.8, 4) is 0 Å². The molecule has 0 spiro atoms. The number of hydrogen-bond acceptors (Lipinski definition) is 3. The number of pyridine rings is 1. The van der Waals surface area contributed by atoms with Crippen molar-refractivity contribution in [2.24, 2.45) is 17.6 Å². The van der Waals surface area contributed by atoms with Gasteiger partial charge >= 0.3 is 0 Å². The summed E-state index contributed by atoms with van der Waals surface area (Å²) in [5.74, 6) is 2.35. The summed E-state index contributed by atoms with van der Waals surface area (Å²) >= 11 is 5.04. The normalized spacial score (nSPS) is 23.6. The van der Waals surface area contributed by atoms with Crippen LogP contribution in [0.3, 0.4) is 0 Å². The van der Waals surface area contributed by atoms with E-state index < -0.39 is 0 Å². The van der Waals surface area contributed by atoms with Crippen LogP contribution in [0.1, 0.15) is 38.2 Å². The fourth-order valence-corrected chi connectivity index (χ4v) is 2.83. The van der Waals surface area contributed by atoms with Crippen molar-refractivity contribution in [2.45, 2.75) is 32.6 Å². The zero-order valence-electron chi connectivity index (χ0n) is 10.9. The maximum atomic E-state index is 5.70. The summed E-state index contributed by atoms with van der Waals surface area (Å²) in [6.07, 6.45) is 7.15. The molecule has 1 heterocycles. The average molecular weight is 263 g/mol. The highest BCUT2D eigenvalue weighted by atomic mass is 32.1. The summed E-state index contributed by atoms with van der Waals surface area (Å²) in [4.78, 5) is 4.74. The van der Waals surface area contributed by atoms with Crippen molar-refractivity contribution in [3.05, 3.63) is 23.9 Å². The van der Waals surface area contributed by atoms with Gasteiger partial charge in [-0.2, -0.15) is 0 Å². The molecule has 0 radical (unpaired) electrons. The minimum atomic E-state index is 0.405. The van der Waals surface area contributed by atoms with Crippen molar-refractivity contribution >= 4 is 23.0 Å². The van der Waals surface area contributed by atoms with Crippen molar-refractivity contribution < 1.29 is 0 Å². The quantitative estimate of drug-likeness (QED) is 0.820. The number of nitrogens with zero attached hydrogens (tertiary/aromatic N) is 1. The summed E-state index contributed by atoms with van der Waals surface area (Å²) in [5.41, 5.74) is 6.55. The smallest absolute Gasteiger partial charge is 0.136 e. The predicted molar refractivity (Wildman–Crippen MR) is 79.7 cm³/mol. The van der Waals surface area contributed by atoms with Crippen LogP contribution in [0.5, 0.6) is 0 Å². The SMILES string of the molecule is CC1CCCCC1CNc1ncccc1C(N)=S. The Kier molecular flexibility index (Phi) is 4.53. The van der Waals surface area contributed by atoms with Crippen molar-refractivity contribution in [1.82, 2.24) is 4.98 Å². The Labute approximate surface area is 114 Å². The Morgan fingerprint density at radius 3 is 3.00 bits per heavy atom. The molecule has 2 atom stereocenters. The lowest BCUT2D eigenvalue weighted by molar-refractivity contribution is 0.268. The minimum absolute atomic E-state index is 0.405. The molecule has 0 saturated heterocycles. The number of nitrogens with one attached hydrogen (secondary N) is 1. The molecule has 1 fully saturated rings. The van der Waals surface area contributed by atoms with Gasteiger partial charge in [-0.1, -0.05) is 38.4 Å². The van der Waals surface area contributed by atoms with Gasteiger partial charge < -0.3 is 11.1 Å². The van der Waals surface area contributed by atoms with Crippen molar-refractivity contribution in [2.75, 3.05) is 11.9 Å². The molecule has 1 aliphatic carbocycles. The molecule has 0 aliphatic heterocycles. The van der Waals surface area contributed by atoms with Crippen molar-refractivity contribution in [1.29, 1.82) is 0 Å². The highest BCUT2D eigenvalue weighted by Crippen LogP contribution is 2.29. The molecule has 1 aliphatic rings. The van der Waals surface area contributed by atoms with Gasteiger partial charge in [0.15, 0.2) is 0 Å². The van der Waals surface area contributed by atoms with Gasteiger partial charge in [-0.3, -0.25) is 0 Å². The summed E-state index contributed by atoms with van der Waals surface area (Å²) in [6, 6.07) is 3.78. The summed E-state index contributed by atoms with van der Waals surface area (Å²) in [5, 5.41) is 3.42. The molecule has 4 heteroatoms. The first-order valence-corrected chi connectivity index (χ1v) is 7.08. The van der Waals surface area contributed by atoms with Crippen LogP contribution in [0.4, 0.5) is 5.82 Å². The van der Waals surface area contributed by atoms with Gasteiger partial charge in [-0.05, 0) is 30.4 Å². The minimum Gasteiger partial charge on any atom is -0.389 e. The fraction of sp³-hybridized carbons (Fsp3) is 0.571. The topological polar surface area (TPSA) is 50.9 Å². The van der Waals surface area contributed by atoms with Crippen LogP contribution < -0.4 is 11.1 Å². The maximum Gasteiger partial charge on any atom is 0.136 e. The van der Waals surface area contributed by atoms with Crippen LogP contribution in [-0.2, 0) is 0 Å². The maximum absolute atomic E-state index is 5.70. The highest BCUT2D eigenvalue weighted by molar-refractivity contribution is 7.80. The summed E-state index contributed by atoms with van der Waals surface area (Å²) in [7, 11) is 0. The average Bonchev–Trinajstić information content (AvgIpc) is 2.38. The molecule has 1 aromatic heterocycles. The standard InChI is InChI=1S/C14H21N3S/c1-10-5-2-3-6-11(10)9-17-14-12(13(15)18)7-4-8-16-14/h4,7-8,10-11H,2-3,5-6,9H2,1H3,(H2,15,18)(H,16,17). The monoisotopic (exact) mass is 263 g/mol. The van der Waals surface area contributed by atoms with Crippen LogP contribution in [0.15, 0.2) is 18.3 Å². The van der Waals surface area contributed by atoms with Crippen LogP contribution in [0, 0.1) is 11.8 Å². The van der Waals surface area contributed by atoms with Gasteiger partial charge in [0.2, 0.25) is 0 Å². The van der Waals surface area contributed by atoms with Crippen LogP contribution in [0.2, 0.25) is 0 Å². The number of rotatable bonds is 4. The van der Waals surface area contributed by atoms with Crippen molar-refractivity contribution in [3.63, 3.8) is 0 Å². The second-order valence-corrected chi connectivity index (χ2v) is 5.61. The molecular formula is C14H21N3S. The third-order valence-corrected chi connectivity index (χ3v) is 4.11. The van der Waals surface area contributed by atoms with Gasteiger partial charge in [-0.25, -0.2) is 4.98 Å². The van der Waals surface area contributed by atoms with Crippen LogP contribution in [0.25, 0.3) is 0 Å². The molecule has 18 heavy (non-hydrogen) atoms. The van der Waals surface area contributed by atoms with E-state index in [-0.39, 0.29) is 0 Å². The van der Waals surface area contributed by atoms with Gasteiger partial charge in [-0.15, -0.1) is 0 Å². The molecular weight excluding hydrogens is 242 g/mol. The Morgan fingerprint density at radius 1 is 1.50 bits per heavy atom. The first kappa shape index (κ1) is 13.3. The molecule has 2 rings (SSSR count). The molecule has 3 N–H and O–H groups in total. The van der Waals surface area contributed by atoms with Gasteiger partial charge in [0.25, 0.3) is 0 Å². The Hall–Kier alpha value is -1.16. The third kappa shape index (κ3) is 3.19. The number of thiocarbonyl (C=S) groups is 1. The Balaban J connectivity index is 1.99. The second-order valence-electron chi connectivity index (χ2n) is 5.17.